The highest BCUT2D eigenvalue weighted by Gasteiger charge is 2.20. The molecular formula is C28H29BN2O2. The number of fused-ring (bicyclic) bond motifs is 1. The van der Waals surface area contributed by atoms with Gasteiger partial charge in [-0.15, -0.1) is 0 Å². The van der Waals surface area contributed by atoms with Crippen molar-refractivity contribution in [2.45, 2.75) is 18.9 Å². The number of hydrogen-bond donors (Lipinski definition) is 1. The normalized spacial score (nSPS) is 16.1. The van der Waals surface area contributed by atoms with E-state index in [1.807, 2.05) is 24.3 Å². The zero-order chi connectivity index (χ0) is 22.6. The summed E-state index contributed by atoms with van der Waals surface area (Å²) in [6, 6.07) is 29.8. The molecule has 1 heterocycles. The Labute approximate surface area is 196 Å². The first-order valence-corrected chi connectivity index (χ1v) is 11.6. The van der Waals surface area contributed by atoms with Gasteiger partial charge in [-0.25, -0.2) is 0 Å². The van der Waals surface area contributed by atoms with Crippen LogP contribution >= 0.6 is 0 Å². The van der Waals surface area contributed by atoms with Gasteiger partial charge in [0.15, 0.2) is 13.7 Å². The quantitative estimate of drug-likeness (QED) is 0.375. The highest BCUT2D eigenvalue weighted by Crippen LogP contribution is 2.36. The van der Waals surface area contributed by atoms with Crippen molar-refractivity contribution < 1.29 is 9.47 Å². The van der Waals surface area contributed by atoms with Crippen LogP contribution in [0.2, 0.25) is 0 Å². The van der Waals surface area contributed by atoms with E-state index in [9.17, 15) is 0 Å². The number of nitrogens with one attached hydrogen (secondary N) is 1. The summed E-state index contributed by atoms with van der Waals surface area (Å²) >= 11 is 0. The molecule has 0 unspecified atom stereocenters. The average molecular weight is 436 g/mol. The largest absolute Gasteiger partial charge is 0.497 e. The van der Waals surface area contributed by atoms with E-state index in [2.05, 4.69) is 78.8 Å². The minimum absolute atomic E-state index is 0.555. The second-order valence-electron chi connectivity index (χ2n) is 8.71. The fraction of sp³-hybridized carbons (Fsp3) is 0.214. The van der Waals surface area contributed by atoms with Crippen LogP contribution in [-0.2, 0) is 0 Å². The Balaban J connectivity index is 1.46. The van der Waals surface area contributed by atoms with Crippen molar-refractivity contribution >= 4 is 24.4 Å². The molecule has 1 atom stereocenters. The summed E-state index contributed by atoms with van der Waals surface area (Å²) in [7, 11) is 3.88. The predicted molar refractivity (Wildman–Crippen MR) is 139 cm³/mol. The van der Waals surface area contributed by atoms with Crippen molar-refractivity contribution in [3.63, 3.8) is 0 Å². The molecule has 0 amide bonds. The van der Waals surface area contributed by atoms with Crippen LogP contribution in [0, 0.1) is 0 Å². The average Bonchev–Trinajstić information content (AvgIpc) is 3.28. The van der Waals surface area contributed by atoms with Crippen molar-refractivity contribution in [3.05, 3.63) is 84.9 Å². The zero-order valence-electron chi connectivity index (χ0n) is 19.3. The van der Waals surface area contributed by atoms with Crippen LogP contribution in [0.4, 0.5) is 5.69 Å². The van der Waals surface area contributed by atoms with Gasteiger partial charge < -0.3 is 19.6 Å². The first kappa shape index (κ1) is 21.4. The summed E-state index contributed by atoms with van der Waals surface area (Å²) in [5.74, 6) is 2.42. The molecule has 1 fully saturated rings. The minimum Gasteiger partial charge on any atom is -0.497 e. The van der Waals surface area contributed by atoms with Crippen LogP contribution in [0.25, 0.3) is 21.9 Å². The summed E-state index contributed by atoms with van der Waals surface area (Å²) in [6.45, 7) is 2.08. The molecule has 4 nitrogen and oxygen atoms in total. The predicted octanol–water partition coefficient (Wildman–Crippen LogP) is 5.73. The zero-order valence-corrected chi connectivity index (χ0v) is 19.3. The van der Waals surface area contributed by atoms with Crippen molar-refractivity contribution in [1.82, 2.24) is 4.81 Å². The SMILES string of the molecule is BN1CCC[C@H]1CNc1ccc(-c2ccc3ccccc3c2)cc1Oc1ccc(OC)cc1. The highest BCUT2D eigenvalue weighted by atomic mass is 16.5. The van der Waals surface area contributed by atoms with Crippen LogP contribution < -0.4 is 14.8 Å². The van der Waals surface area contributed by atoms with Gasteiger partial charge in [0, 0.05) is 12.6 Å². The van der Waals surface area contributed by atoms with Gasteiger partial charge >= 0.3 is 0 Å². The number of anilines is 1. The van der Waals surface area contributed by atoms with Gasteiger partial charge in [0.05, 0.1) is 12.8 Å². The fourth-order valence-electron chi connectivity index (χ4n) is 4.54. The molecule has 1 N–H and O–H groups in total. The van der Waals surface area contributed by atoms with Gasteiger partial charge in [-0.2, -0.15) is 0 Å². The highest BCUT2D eigenvalue weighted by molar-refractivity contribution is 6.04. The molecule has 0 bridgehead atoms. The van der Waals surface area contributed by atoms with E-state index < -0.39 is 0 Å². The molecule has 1 aliphatic heterocycles. The minimum atomic E-state index is 0.555. The first-order chi connectivity index (χ1) is 16.2. The van der Waals surface area contributed by atoms with Crippen LogP contribution in [0.15, 0.2) is 84.9 Å². The van der Waals surface area contributed by atoms with Gasteiger partial charge in [-0.05, 0) is 83.8 Å². The Morgan fingerprint density at radius 1 is 0.879 bits per heavy atom. The number of rotatable bonds is 7. The van der Waals surface area contributed by atoms with E-state index in [1.165, 1.54) is 35.7 Å². The molecule has 4 aromatic rings. The van der Waals surface area contributed by atoms with Crippen LogP contribution in [0.5, 0.6) is 17.2 Å². The number of ether oxygens (including phenoxy) is 2. The van der Waals surface area contributed by atoms with Crippen molar-refractivity contribution in [2.75, 3.05) is 25.5 Å². The van der Waals surface area contributed by atoms with Crippen LogP contribution in [0.1, 0.15) is 12.8 Å². The maximum Gasteiger partial charge on any atom is 0.185 e. The lowest BCUT2D eigenvalue weighted by atomic mass is 10.0. The van der Waals surface area contributed by atoms with Crippen molar-refractivity contribution in [2.24, 2.45) is 0 Å². The number of methoxy groups -OCH3 is 1. The molecular weight excluding hydrogens is 407 g/mol. The topological polar surface area (TPSA) is 33.7 Å². The monoisotopic (exact) mass is 436 g/mol. The Kier molecular flexibility index (Phi) is 6.22. The van der Waals surface area contributed by atoms with Crippen LogP contribution in [0.3, 0.4) is 0 Å². The van der Waals surface area contributed by atoms with Gasteiger partial charge in [0.2, 0.25) is 0 Å². The molecule has 0 aromatic heterocycles. The van der Waals surface area contributed by atoms with Crippen molar-refractivity contribution in [1.29, 1.82) is 0 Å². The second-order valence-corrected chi connectivity index (χ2v) is 8.71. The first-order valence-electron chi connectivity index (χ1n) is 11.6. The molecule has 33 heavy (non-hydrogen) atoms. The summed E-state index contributed by atoms with van der Waals surface area (Å²) in [5.41, 5.74) is 3.32. The van der Waals surface area contributed by atoms with Gasteiger partial charge in [-0.1, -0.05) is 42.5 Å². The molecule has 4 aromatic carbocycles. The summed E-state index contributed by atoms with van der Waals surface area (Å²) in [5, 5.41) is 6.13. The third-order valence-electron chi connectivity index (χ3n) is 6.55. The Morgan fingerprint density at radius 3 is 2.36 bits per heavy atom. The number of hydrogen-bond acceptors (Lipinski definition) is 4. The van der Waals surface area contributed by atoms with Gasteiger partial charge in [0.25, 0.3) is 0 Å². The summed E-state index contributed by atoms with van der Waals surface area (Å²) in [6.07, 6.45) is 2.49. The molecule has 0 radical (unpaired) electrons. The van der Waals surface area contributed by atoms with Crippen LogP contribution in [-0.4, -0.2) is 39.0 Å². The second kappa shape index (κ2) is 9.59. The smallest absolute Gasteiger partial charge is 0.185 e. The Bertz CT molecular complexity index is 1240. The van der Waals surface area contributed by atoms with E-state index in [-0.39, 0.29) is 0 Å². The summed E-state index contributed by atoms with van der Waals surface area (Å²) in [4.78, 5) is 2.43. The van der Waals surface area contributed by atoms with E-state index >= 15 is 0 Å². The lowest BCUT2D eigenvalue weighted by molar-refractivity contribution is 0.413. The molecule has 0 spiro atoms. The maximum absolute atomic E-state index is 6.37. The van der Waals surface area contributed by atoms with Gasteiger partial charge in [-0.3, -0.25) is 0 Å². The number of benzene rings is 4. The lowest BCUT2D eigenvalue weighted by Gasteiger charge is -2.22. The third kappa shape index (κ3) is 4.84. The molecule has 1 aliphatic rings. The molecule has 5 rings (SSSR count). The molecule has 0 saturated carbocycles. The third-order valence-corrected chi connectivity index (χ3v) is 6.55. The molecule has 0 aliphatic carbocycles. The van der Waals surface area contributed by atoms with Crippen molar-refractivity contribution in [3.8, 4) is 28.4 Å². The standard InChI is InChI=1S/C28H29BN2O2/c1-32-25-11-13-26(14-12-25)33-28-18-23(22-9-8-20-5-2-3-6-21(20)17-22)10-15-27(28)30-19-24-7-4-16-31(24)29/h2-3,5-6,8-15,17-18,24,30H,4,7,16,19,29H2,1H3/t24-/m0/s1. The summed E-state index contributed by atoms with van der Waals surface area (Å²) < 4.78 is 11.7. The van der Waals surface area contributed by atoms with E-state index in [4.69, 9.17) is 9.47 Å². The van der Waals surface area contributed by atoms with E-state index in [0.717, 1.165) is 35.0 Å². The Morgan fingerprint density at radius 2 is 1.61 bits per heavy atom. The lowest BCUT2D eigenvalue weighted by Crippen LogP contribution is -2.32. The molecule has 1 saturated heterocycles. The molecule has 5 heteroatoms. The fourth-order valence-corrected chi connectivity index (χ4v) is 4.54. The molecule has 166 valence electrons. The van der Waals surface area contributed by atoms with Gasteiger partial charge in [0.1, 0.15) is 11.5 Å². The van der Waals surface area contributed by atoms with E-state index in [1.54, 1.807) is 7.11 Å². The maximum atomic E-state index is 6.37. The number of nitrogens with zero attached hydrogens (tertiary/aromatic N) is 1. The van der Waals surface area contributed by atoms with E-state index in [0.29, 0.717) is 6.04 Å². The Hall–Kier alpha value is -3.44.